The number of hydrogen-bond acceptors (Lipinski definition) is 3. The number of imidazole rings is 1. The zero-order chi connectivity index (χ0) is 16.2. The maximum Gasteiger partial charge on any atom is 0.235 e. The van der Waals surface area contributed by atoms with Gasteiger partial charge in [-0.2, -0.15) is 0 Å². The highest BCUT2D eigenvalue weighted by atomic mass is 15.3. The minimum atomic E-state index is 0.786. The number of anilines is 1. The predicted molar refractivity (Wildman–Crippen MR) is 97.3 cm³/mol. The van der Waals surface area contributed by atoms with Gasteiger partial charge in [-0.3, -0.25) is 4.40 Å². The summed E-state index contributed by atoms with van der Waals surface area (Å²) in [4.78, 5) is 11.1. The summed E-state index contributed by atoms with van der Waals surface area (Å²) in [5.41, 5.74) is 1.46. The SMILES string of the molecule is c1ccc(CCCC2CCCN(c3ccnc4nccn34)C2)cc1. The van der Waals surface area contributed by atoms with Gasteiger partial charge in [0.25, 0.3) is 0 Å². The van der Waals surface area contributed by atoms with Crippen LogP contribution in [0.3, 0.4) is 0 Å². The first-order valence-corrected chi connectivity index (χ1v) is 8.97. The van der Waals surface area contributed by atoms with E-state index in [1.54, 1.807) is 0 Å². The lowest BCUT2D eigenvalue weighted by Crippen LogP contribution is -2.36. The van der Waals surface area contributed by atoms with Crippen LogP contribution in [-0.2, 0) is 6.42 Å². The van der Waals surface area contributed by atoms with E-state index in [0.717, 1.165) is 24.8 Å². The first-order valence-electron chi connectivity index (χ1n) is 8.97. The quantitative estimate of drug-likeness (QED) is 0.713. The second kappa shape index (κ2) is 7.04. The molecule has 1 aromatic carbocycles. The van der Waals surface area contributed by atoms with Crippen molar-refractivity contribution < 1.29 is 0 Å². The lowest BCUT2D eigenvalue weighted by Gasteiger charge is -2.34. The maximum absolute atomic E-state index is 4.32. The molecule has 1 fully saturated rings. The minimum absolute atomic E-state index is 0.786. The van der Waals surface area contributed by atoms with Crippen molar-refractivity contribution in [3.63, 3.8) is 0 Å². The molecule has 3 heterocycles. The van der Waals surface area contributed by atoms with Gasteiger partial charge in [0.1, 0.15) is 5.82 Å². The van der Waals surface area contributed by atoms with Crippen molar-refractivity contribution in [3.8, 4) is 0 Å². The van der Waals surface area contributed by atoms with E-state index in [2.05, 4.69) is 55.7 Å². The molecule has 1 unspecified atom stereocenters. The van der Waals surface area contributed by atoms with Crippen molar-refractivity contribution in [3.05, 3.63) is 60.6 Å². The van der Waals surface area contributed by atoms with Crippen molar-refractivity contribution >= 4 is 11.6 Å². The molecule has 0 saturated carbocycles. The zero-order valence-electron chi connectivity index (χ0n) is 14.0. The molecular formula is C20H24N4. The lowest BCUT2D eigenvalue weighted by molar-refractivity contribution is 0.380. The fourth-order valence-corrected chi connectivity index (χ4v) is 3.83. The fourth-order valence-electron chi connectivity index (χ4n) is 3.83. The Balaban J connectivity index is 1.38. The molecule has 2 aromatic heterocycles. The molecule has 0 radical (unpaired) electrons. The van der Waals surface area contributed by atoms with Crippen LogP contribution in [0.4, 0.5) is 5.82 Å². The summed E-state index contributed by atoms with van der Waals surface area (Å²) in [6.07, 6.45) is 12.1. The molecule has 1 saturated heterocycles. The first kappa shape index (κ1) is 15.2. The molecule has 3 aromatic rings. The number of nitrogens with zero attached hydrogens (tertiary/aromatic N) is 4. The molecule has 1 aliphatic heterocycles. The number of aromatic nitrogens is 3. The van der Waals surface area contributed by atoms with Crippen molar-refractivity contribution in [1.82, 2.24) is 14.4 Å². The average Bonchev–Trinajstić information content (AvgIpc) is 3.12. The van der Waals surface area contributed by atoms with Gasteiger partial charge in [-0.25, -0.2) is 9.97 Å². The third-order valence-corrected chi connectivity index (χ3v) is 5.05. The van der Waals surface area contributed by atoms with Crippen LogP contribution < -0.4 is 4.90 Å². The van der Waals surface area contributed by atoms with Crippen LogP contribution in [-0.4, -0.2) is 27.5 Å². The van der Waals surface area contributed by atoms with E-state index in [1.165, 1.54) is 43.5 Å². The highest BCUT2D eigenvalue weighted by Crippen LogP contribution is 2.26. The molecule has 0 amide bonds. The van der Waals surface area contributed by atoms with Crippen molar-refractivity contribution in [2.24, 2.45) is 5.92 Å². The highest BCUT2D eigenvalue weighted by molar-refractivity contribution is 5.47. The van der Waals surface area contributed by atoms with Crippen molar-refractivity contribution in [1.29, 1.82) is 0 Å². The Labute approximate surface area is 143 Å². The number of piperidine rings is 1. The van der Waals surface area contributed by atoms with E-state index in [-0.39, 0.29) is 0 Å². The molecule has 4 rings (SSSR count). The Bertz CT molecular complexity index is 780. The molecule has 124 valence electrons. The fraction of sp³-hybridized carbons (Fsp3) is 0.400. The molecule has 0 bridgehead atoms. The van der Waals surface area contributed by atoms with Gasteiger partial charge in [-0.15, -0.1) is 0 Å². The van der Waals surface area contributed by atoms with Crippen LogP contribution in [0, 0.1) is 5.92 Å². The van der Waals surface area contributed by atoms with E-state index in [4.69, 9.17) is 0 Å². The lowest BCUT2D eigenvalue weighted by atomic mass is 9.92. The van der Waals surface area contributed by atoms with Gasteiger partial charge < -0.3 is 4.90 Å². The number of aryl methyl sites for hydroxylation is 1. The summed E-state index contributed by atoms with van der Waals surface area (Å²) in [6, 6.07) is 12.9. The second-order valence-electron chi connectivity index (χ2n) is 6.73. The molecule has 4 nitrogen and oxygen atoms in total. The third-order valence-electron chi connectivity index (χ3n) is 5.05. The summed E-state index contributed by atoms with van der Waals surface area (Å²) < 4.78 is 2.10. The molecule has 1 atom stereocenters. The maximum atomic E-state index is 4.32. The monoisotopic (exact) mass is 320 g/mol. The van der Waals surface area contributed by atoms with E-state index >= 15 is 0 Å². The van der Waals surface area contributed by atoms with Gasteiger partial charge in [-0.1, -0.05) is 30.3 Å². The molecule has 4 heteroatoms. The highest BCUT2D eigenvalue weighted by Gasteiger charge is 2.21. The standard InChI is InChI=1S/C20H24N4/c1-2-6-17(7-3-1)8-4-9-18-10-5-14-23(16-18)19-11-12-21-20-22-13-15-24(19)20/h1-3,6-7,11-13,15,18H,4-5,8-10,14,16H2. The van der Waals surface area contributed by atoms with Crippen LogP contribution in [0.5, 0.6) is 0 Å². The van der Waals surface area contributed by atoms with Crippen LogP contribution >= 0.6 is 0 Å². The Morgan fingerprint density at radius 1 is 1.04 bits per heavy atom. The van der Waals surface area contributed by atoms with Crippen molar-refractivity contribution in [2.45, 2.75) is 32.1 Å². The van der Waals surface area contributed by atoms with E-state index in [1.807, 2.05) is 18.6 Å². The largest absolute Gasteiger partial charge is 0.357 e. The smallest absolute Gasteiger partial charge is 0.235 e. The van der Waals surface area contributed by atoms with Crippen LogP contribution in [0.2, 0.25) is 0 Å². The van der Waals surface area contributed by atoms with E-state index in [0.29, 0.717) is 0 Å². The Kier molecular flexibility index (Phi) is 4.45. The summed E-state index contributed by atoms with van der Waals surface area (Å²) in [6.45, 7) is 2.28. The number of hydrogen-bond donors (Lipinski definition) is 0. The number of rotatable bonds is 5. The van der Waals surface area contributed by atoms with Gasteiger partial charge in [0.2, 0.25) is 5.78 Å². The minimum Gasteiger partial charge on any atom is -0.357 e. The molecule has 0 spiro atoms. The average molecular weight is 320 g/mol. The van der Waals surface area contributed by atoms with Crippen LogP contribution in [0.25, 0.3) is 5.78 Å². The molecular weight excluding hydrogens is 296 g/mol. The Morgan fingerprint density at radius 3 is 2.83 bits per heavy atom. The van der Waals surface area contributed by atoms with Crippen LogP contribution in [0.1, 0.15) is 31.2 Å². The molecule has 24 heavy (non-hydrogen) atoms. The first-order chi connectivity index (χ1) is 11.9. The number of fused-ring (bicyclic) bond motifs is 1. The molecule has 1 aliphatic rings. The third kappa shape index (κ3) is 3.28. The van der Waals surface area contributed by atoms with E-state index in [9.17, 15) is 0 Å². The summed E-state index contributed by atoms with van der Waals surface area (Å²) in [5.74, 6) is 2.80. The van der Waals surface area contributed by atoms with Crippen LogP contribution in [0.15, 0.2) is 55.0 Å². The second-order valence-corrected chi connectivity index (χ2v) is 6.73. The Hall–Kier alpha value is -2.36. The van der Waals surface area contributed by atoms with Gasteiger partial charge in [-0.05, 0) is 49.7 Å². The number of benzene rings is 1. The predicted octanol–water partition coefficient (Wildman–Crippen LogP) is 3.97. The summed E-state index contributed by atoms with van der Waals surface area (Å²) >= 11 is 0. The normalized spacial score (nSPS) is 18.2. The van der Waals surface area contributed by atoms with Gasteiger partial charge in [0, 0.05) is 31.7 Å². The molecule has 0 N–H and O–H groups in total. The van der Waals surface area contributed by atoms with Gasteiger partial charge in [0.15, 0.2) is 0 Å². The van der Waals surface area contributed by atoms with E-state index < -0.39 is 0 Å². The summed E-state index contributed by atoms with van der Waals surface area (Å²) in [7, 11) is 0. The summed E-state index contributed by atoms with van der Waals surface area (Å²) in [5, 5.41) is 0. The topological polar surface area (TPSA) is 33.4 Å². The van der Waals surface area contributed by atoms with Crippen molar-refractivity contribution in [2.75, 3.05) is 18.0 Å². The van der Waals surface area contributed by atoms with Gasteiger partial charge in [0.05, 0.1) is 0 Å². The Morgan fingerprint density at radius 2 is 1.92 bits per heavy atom. The molecule has 0 aliphatic carbocycles. The van der Waals surface area contributed by atoms with Gasteiger partial charge >= 0.3 is 0 Å². The zero-order valence-corrected chi connectivity index (χ0v) is 14.0.